The van der Waals surface area contributed by atoms with E-state index >= 15 is 0 Å². The molecule has 5 N–H and O–H groups in total. The summed E-state index contributed by atoms with van der Waals surface area (Å²) < 4.78 is 82.2. The number of benzene rings is 1. The van der Waals surface area contributed by atoms with Crippen LogP contribution in [-0.4, -0.2) is 168 Å². The number of hydrogen-bond donors (Lipinski definition) is 5. The number of sulfonamides is 1. The highest BCUT2D eigenvalue weighted by Gasteiger charge is 2.33. The van der Waals surface area contributed by atoms with E-state index in [1.807, 2.05) is 19.2 Å². The summed E-state index contributed by atoms with van der Waals surface area (Å²) in [6, 6.07) is 4.80. The Balaban J connectivity index is 1.01. The van der Waals surface area contributed by atoms with E-state index in [1.165, 1.54) is 18.2 Å². The maximum Gasteiger partial charge on any atom is 0.267 e. The Hall–Kier alpha value is -4.64. The molecule has 24 heteroatoms. The number of nitrogens with zero attached hydrogens (tertiary/aromatic N) is 5. The Morgan fingerprint density at radius 3 is 2.37 bits per heavy atom. The average Bonchev–Trinajstić information content (AvgIpc) is 3.93. The van der Waals surface area contributed by atoms with Crippen LogP contribution < -0.4 is 25.6 Å². The molecule has 5 rings (SSSR count). The van der Waals surface area contributed by atoms with Gasteiger partial charge in [-0.3, -0.25) is 23.7 Å². The Morgan fingerprint density at radius 1 is 0.941 bits per heavy atom. The number of hydrogen-bond acceptors (Lipinski definition) is 15. The first-order chi connectivity index (χ1) is 32.5. The topological polar surface area (TPSA) is 261 Å². The molecule has 0 unspecified atom stereocenters. The molecule has 2 saturated heterocycles. The number of terminal acetylenes is 1. The van der Waals surface area contributed by atoms with Crippen molar-refractivity contribution in [1.82, 2.24) is 35.4 Å². The normalized spacial score (nSPS) is 17.0. The Labute approximate surface area is 403 Å². The smallest absolute Gasteiger partial charge is 0.267 e. The third kappa shape index (κ3) is 18.0. The first-order valence-electron chi connectivity index (χ1n) is 22.7. The van der Waals surface area contributed by atoms with Gasteiger partial charge < -0.3 is 44.7 Å². The van der Waals surface area contributed by atoms with Gasteiger partial charge in [0.05, 0.1) is 75.5 Å². The number of unbranched alkanes of at least 4 members (excludes halogenated alkanes) is 2. The van der Waals surface area contributed by atoms with Crippen LogP contribution in [0.5, 0.6) is 0 Å². The van der Waals surface area contributed by atoms with Crippen LogP contribution in [-0.2, 0) is 48.7 Å². The van der Waals surface area contributed by atoms with Crippen LogP contribution in [0.2, 0.25) is 5.02 Å². The average molecular weight is 1010 g/mol. The maximum absolute atomic E-state index is 14.0. The highest BCUT2D eigenvalue weighted by Crippen LogP contribution is 2.34. The summed E-state index contributed by atoms with van der Waals surface area (Å²) in [7, 11) is -8.22. The molecule has 2 aromatic heterocycles. The quantitative estimate of drug-likeness (QED) is 0.0380. The van der Waals surface area contributed by atoms with Gasteiger partial charge in [-0.2, -0.15) is 13.5 Å². The monoisotopic (exact) mass is 1010 g/mol. The number of carbonyl (C=O) groups is 3. The molecule has 0 saturated carbocycles. The van der Waals surface area contributed by atoms with E-state index in [0.29, 0.717) is 75.2 Å². The van der Waals surface area contributed by atoms with Gasteiger partial charge in [-0.1, -0.05) is 23.9 Å². The molecule has 0 spiro atoms. The van der Waals surface area contributed by atoms with E-state index in [9.17, 15) is 35.8 Å². The van der Waals surface area contributed by atoms with Gasteiger partial charge in [0, 0.05) is 61.5 Å². The SMILES string of the molecule is C#CCOCCOCCOCCOCCNC(=O)[C@H](CS(=O)(=O)O)NC(=O)CCCCCN[C@H]1CCN(c2nc3cc([C@@H]4CCCCN4C(=O)c4cc(Cl)ccc4NS(C)(=O)=O)nn3cc2C)C1. The standard InChI is InChI=1S/C44H64ClN9O12S2/c1-4-19-63-21-23-65-25-26-66-24-22-64-20-16-47-43(56)38(31-68(60,61)62)48-41(55)11-6-5-8-15-46-34-14-18-52(30-34)42-32(2)29-54-40(49-42)28-37(50-54)39-10-7-9-17-53(39)44(57)35-27-33(45)12-13-36(35)51-67(3,58)59/h1,12-13,27-29,34,38-39,46,51H,5-11,14-26,30-31H2,2-3H3,(H,47,56)(H,48,55)(H,60,61,62)/t34-,38-,39-/m0/s1. The molecule has 2 fully saturated rings. The molecular formula is C44H64ClN9O12S2. The first-order valence-corrected chi connectivity index (χ1v) is 26.6. The molecule has 0 aliphatic carbocycles. The van der Waals surface area contributed by atoms with Crippen molar-refractivity contribution in [3.8, 4) is 12.3 Å². The van der Waals surface area contributed by atoms with Gasteiger partial charge >= 0.3 is 0 Å². The zero-order valence-corrected chi connectivity index (χ0v) is 41.0. The molecule has 376 valence electrons. The lowest BCUT2D eigenvalue weighted by Gasteiger charge is -2.35. The van der Waals surface area contributed by atoms with Gasteiger partial charge in [0.1, 0.15) is 24.2 Å². The molecule has 21 nitrogen and oxygen atoms in total. The van der Waals surface area contributed by atoms with Crippen LogP contribution in [0.3, 0.4) is 0 Å². The Morgan fingerprint density at radius 2 is 1.66 bits per heavy atom. The molecule has 2 aliphatic rings. The number of amides is 3. The Bertz CT molecular complexity index is 2420. The number of rotatable bonds is 29. The predicted molar refractivity (Wildman–Crippen MR) is 256 cm³/mol. The molecule has 3 atom stereocenters. The van der Waals surface area contributed by atoms with Gasteiger partial charge in [0.25, 0.3) is 16.0 Å². The number of carbonyl (C=O) groups excluding carboxylic acids is 3. The second-order valence-corrected chi connectivity index (χ2v) is 20.3. The summed E-state index contributed by atoms with van der Waals surface area (Å²) in [5, 5.41) is 13.7. The van der Waals surface area contributed by atoms with E-state index in [4.69, 9.17) is 47.1 Å². The van der Waals surface area contributed by atoms with E-state index in [0.717, 1.165) is 63.0 Å². The van der Waals surface area contributed by atoms with Crippen LogP contribution >= 0.6 is 11.6 Å². The number of aromatic nitrogens is 3. The summed E-state index contributed by atoms with van der Waals surface area (Å²) in [6.07, 6.45) is 13.4. The van der Waals surface area contributed by atoms with Crippen molar-refractivity contribution in [1.29, 1.82) is 0 Å². The number of aryl methyl sites for hydroxylation is 1. The largest absolute Gasteiger partial charge is 0.377 e. The fraction of sp³-hybridized carbons (Fsp3) is 0.614. The minimum absolute atomic E-state index is 0.0510. The minimum atomic E-state index is -4.57. The van der Waals surface area contributed by atoms with Crippen molar-refractivity contribution in [3.05, 3.63) is 52.3 Å². The lowest BCUT2D eigenvalue weighted by Crippen LogP contribution is -2.50. The van der Waals surface area contributed by atoms with Crippen LogP contribution in [0.25, 0.3) is 5.65 Å². The molecule has 3 aromatic rings. The van der Waals surface area contributed by atoms with Crippen molar-refractivity contribution in [2.45, 2.75) is 76.4 Å². The van der Waals surface area contributed by atoms with Gasteiger partial charge in [-0.25, -0.2) is 17.9 Å². The molecule has 68 heavy (non-hydrogen) atoms. The highest BCUT2D eigenvalue weighted by atomic mass is 35.5. The number of fused-ring (bicyclic) bond motifs is 1. The van der Waals surface area contributed by atoms with Crippen molar-refractivity contribution in [3.63, 3.8) is 0 Å². The number of anilines is 2. The van der Waals surface area contributed by atoms with Crippen LogP contribution in [0.4, 0.5) is 11.5 Å². The number of likely N-dealkylation sites (tertiary alicyclic amines) is 1. The van der Waals surface area contributed by atoms with Crippen molar-refractivity contribution in [2.75, 3.05) is 107 Å². The maximum atomic E-state index is 14.0. The first kappa shape index (κ1) is 54.3. The Kier molecular flexibility index (Phi) is 21.5. The van der Waals surface area contributed by atoms with Gasteiger partial charge in [0.2, 0.25) is 21.8 Å². The van der Waals surface area contributed by atoms with Crippen LogP contribution in [0, 0.1) is 19.3 Å². The molecule has 3 amide bonds. The molecule has 0 bridgehead atoms. The second kappa shape index (κ2) is 26.9. The zero-order valence-electron chi connectivity index (χ0n) is 38.6. The zero-order chi connectivity index (χ0) is 49.1. The summed E-state index contributed by atoms with van der Waals surface area (Å²) in [6.45, 7) is 7.20. The summed E-state index contributed by atoms with van der Waals surface area (Å²) >= 11 is 6.26. The van der Waals surface area contributed by atoms with Gasteiger partial charge in [0.15, 0.2) is 5.65 Å². The third-order valence-electron chi connectivity index (χ3n) is 11.1. The number of piperidine rings is 1. The molecule has 4 heterocycles. The molecule has 1 aromatic carbocycles. The van der Waals surface area contributed by atoms with Crippen LogP contribution in [0.1, 0.15) is 79.0 Å². The predicted octanol–water partition coefficient (Wildman–Crippen LogP) is 2.35. The van der Waals surface area contributed by atoms with E-state index in [-0.39, 0.29) is 62.0 Å². The fourth-order valence-corrected chi connectivity index (χ4v) is 9.36. The third-order valence-corrected chi connectivity index (χ3v) is 12.7. The van der Waals surface area contributed by atoms with E-state index < -0.39 is 43.8 Å². The summed E-state index contributed by atoms with van der Waals surface area (Å²) in [4.78, 5) is 48.4. The summed E-state index contributed by atoms with van der Waals surface area (Å²) in [5.74, 6) is 0.647. The number of nitrogens with one attached hydrogen (secondary N) is 4. The van der Waals surface area contributed by atoms with Crippen LogP contribution in [0.15, 0.2) is 30.5 Å². The lowest BCUT2D eigenvalue weighted by molar-refractivity contribution is -0.128. The van der Waals surface area contributed by atoms with E-state index in [2.05, 4.69) is 31.5 Å². The second-order valence-electron chi connectivity index (χ2n) is 16.6. The number of ether oxygens (including phenoxy) is 4. The fourth-order valence-electron chi connectivity index (χ4n) is 7.95. The van der Waals surface area contributed by atoms with E-state index in [1.54, 1.807) is 9.42 Å². The molecular weight excluding hydrogens is 946 g/mol. The highest BCUT2D eigenvalue weighted by molar-refractivity contribution is 7.92. The lowest BCUT2D eigenvalue weighted by atomic mass is 9.98. The minimum Gasteiger partial charge on any atom is -0.377 e. The van der Waals surface area contributed by atoms with Crippen molar-refractivity contribution < 1.29 is 54.7 Å². The van der Waals surface area contributed by atoms with Crippen molar-refractivity contribution >= 4 is 66.6 Å². The molecule has 0 radical (unpaired) electrons. The van der Waals surface area contributed by atoms with Gasteiger partial charge in [-0.15, -0.1) is 6.42 Å². The van der Waals surface area contributed by atoms with Gasteiger partial charge in [-0.05, 0) is 70.2 Å². The van der Waals surface area contributed by atoms with Crippen molar-refractivity contribution in [2.24, 2.45) is 0 Å². The number of halogens is 1. The molecule has 2 aliphatic heterocycles. The summed E-state index contributed by atoms with van der Waals surface area (Å²) in [5.41, 5.74) is 2.61.